The van der Waals surface area contributed by atoms with E-state index in [1.54, 1.807) is 6.92 Å². The largest absolute Gasteiger partial charge is 0.370 e. The van der Waals surface area contributed by atoms with E-state index in [0.29, 0.717) is 25.3 Å². The summed E-state index contributed by atoms with van der Waals surface area (Å²) in [5.41, 5.74) is 2.77. The molecule has 1 aromatic heterocycles. The van der Waals surface area contributed by atoms with Gasteiger partial charge in [-0.25, -0.2) is 0 Å². The lowest BCUT2D eigenvalue weighted by Gasteiger charge is -2.38. The van der Waals surface area contributed by atoms with Crippen LogP contribution >= 0.6 is 0 Å². The molecule has 4 rings (SSSR count). The van der Waals surface area contributed by atoms with E-state index in [4.69, 9.17) is 4.74 Å². The van der Waals surface area contributed by atoms with Gasteiger partial charge in [0.2, 0.25) is 11.8 Å². The molecule has 0 spiro atoms. The van der Waals surface area contributed by atoms with Crippen LogP contribution in [0.3, 0.4) is 0 Å². The normalized spacial score (nSPS) is 20.7. The highest BCUT2D eigenvalue weighted by atomic mass is 16.5. The summed E-state index contributed by atoms with van der Waals surface area (Å²) in [5, 5.41) is 11.5. The Bertz CT molecular complexity index is 1120. The fraction of sp³-hybridized carbons (Fsp3) is 0.423. The molecule has 1 aliphatic rings. The number of ether oxygens (including phenoxy) is 1. The highest BCUT2D eigenvalue weighted by Gasteiger charge is 2.32. The summed E-state index contributed by atoms with van der Waals surface area (Å²) in [7, 11) is 0. The molecule has 1 fully saturated rings. The molecule has 2 N–H and O–H groups in total. The summed E-state index contributed by atoms with van der Waals surface area (Å²) in [6.07, 6.45) is 3.62. The van der Waals surface area contributed by atoms with Gasteiger partial charge in [-0.3, -0.25) is 14.3 Å². The summed E-state index contributed by atoms with van der Waals surface area (Å²) in [6, 6.07) is 15.9. The number of carbonyl (C=O) groups is 2. The standard InChI is InChI=1S/C26H32N4O3/c1-17(2)24-14-22(28-18(3)31)15-25(33-24)19-8-6-9-21(13-19)29-26(32)11-12-30-23-10-5-4-7-20(23)16-27-30/h4-10,13,16-17,22,24-25H,11-12,14-15H2,1-3H3,(H,28,31)(H,29,32)/t22-,24-,25+/m1/s1. The van der Waals surface area contributed by atoms with Gasteiger partial charge in [0.05, 0.1) is 30.5 Å². The number of para-hydroxylation sites is 1. The lowest BCUT2D eigenvalue weighted by molar-refractivity contribution is -0.123. The topological polar surface area (TPSA) is 85.3 Å². The van der Waals surface area contributed by atoms with Gasteiger partial charge < -0.3 is 15.4 Å². The fourth-order valence-electron chi connectivity index (χ4n) is 4.46. The average Bonchev–Trinajstić information content (AvgIpc) is 3.20. The van der Waals surface area contributed by atoms with Gasteiger partial charge >= 0.3 is 0 Å². The number of nitrogens with zero attached hydrogens (tertiary/aromatic N) is 2. The number of aryl methyl sites for hydroxylation is 1. The molecule has 0 radical (unpaired) electrons. The summed E-state index contributed by atoms with van der Waals surface area (Å²) in [4.78, 5) is 24.2. The highest BCUT2D eigenvalue weighted by Crippen LogP contribution is 2.35. The first-order chi connectivity index (χ1) is 15.9. The van der Waals surface area contributed by atoms with E-state index in [1.807, 2.05) is 59.4 Å². The summed E-state index contributed by atoms with van der Waals surface area (Å²) in [6.45, 7) is 6.34. The monoisotopic (exact) mass is 448 g/mol. The van der Waals surface area contributed by atoms with Crippen molar-refractivity contribution in [2.24, 2.45) is 5.92 Å². The predicted octanol–water partition coefficient (Wildman–Crippen LogP) is 4.45. The second-order valence-corrected chi connectivity index (χ2v) is 9.13. The van der Waals surface area contributed by atoms with Gasteiger partial charge in [-0.05, 0) is 42.5 Å². The predicted molar refractivity (Wildman–Crippen MR) is 129 cm³/mol. The first-order valence-electron chi connectivity index (χ1n) is 11.6. The number of rotatable bonds is 7. The molecule has 3 atom stereocenters. The molecule has 2 heterocycles. The Morgan fingerprint density at radius 1 is 1.15 bits per heavy atom. The maximum atomic E-state index is 12.6. The van der Waals surface area contributed by atoms with Crippen molar-refractivity contribution in [3.8, 4) is 0 Å². The van der Waals surface area contributed by atoms with Crippen LogP contribution in [0, 0.1) is 5.92 Å². The smallest absolute Gasteiger partial charge is 0.226 e. The molecule has 174 valence electrons. The van der Waals surface area contributed by atoms with Gasteiger partial charge in [-0.15, -0.1) is 0 Å². The minimum Gasteiger partial charge on any atom is -0.370 e. The lowest BCUT2D eigenvalue weighted by Crippen LogP contribution is -2.43. The van der Waals surface area contributed by atoms with Gasteiger partial charge in [-0.1, -0.05) is 44.2 Å². The third kappa shape index (κ3) is 5.79. The van der Waals surface area contributed by atoms with Crippen LogP contribution in [-0.2, 0) is 20.9 Å². The van der Waals surface area contributed by atoms with E-state index in [0.717, 1.165) is 28.6 Å². The number of hydrogen-bond donors (Lipinski definition) is 2. The van der Waals surface area contributed by atoms with E-state index in [9.17, 15) is 9.59 Å². The molecule has 1 saturated heterocycles. The number of hydrogen-bond acceptors (Lipinski definition) is 4. The summed E-state index contributed by atoms with van der Waals surface area (Å²) in [5.74, 6) is 0.270. The van der Waals surface area contributed by atoms with Crippen molar-refractivity contribution in [1.82, 2.24) is 15.1 Å². The quantitative estimate of drug-likeness (QED) is 0.559. The van der Waals surface area contributed by atoms with Crippen molar-refractivity contribution >= 4 is 28.4 Å². The molecule has 7 heteroatoms. The van der Waals surface area contributed by atoms with Crippen molar-refractivity contribution in [3.63, 3.8) is 0 Å². The molecular weight excluding hydrogens is 416 g/mol. The molecule has 1 aliphatic heterocycles. The van der Waals surface area contributed by atoms with E-state index in [-0.39, 0.29) is 30.1 Å². The maximum absolute atomic E-state index is 12.6. The Kier molecular flexibility index (Phi) is 7.08. The lowest BCUT2D eigenvalue weighted by atomic mass is 9.89. The first kappa shape index (κ1) is 23.0. The number of benzene rings is 2. The van der Waals surface area contributed by atoms with Crippen LogP contribution in [0.5, 0.6) is 0 Å². The summed E-state index contributed by atoms with van der Waals surface area (Å²) >= 11 is 0. The maximum Gasteiger partial charge on any atom is 0.226 e. The third-order valence-corrected chi connectivity index (χ3v) is 6.15. The van der Waals surface area contributed by atoms with Gasteiger partial charge in [0.15, 0.2) is 0 Å². The molecule has 3 aromatic rings. The van der Waals surface area contributed by atoms with Gasteiger partial charge in [-0.2, -0.15) is 5.10 Å². The van der Waals surface area contributed by atoms with Crippen LogP contribution in [-0.4, -0.2) is 33.7 Å². The highest BCUT2D eigenvalue weighted by molar-refractivity contribution is 5.90. The van der Waals surface area contributed by atoms with E-state index in [1.165, 1.54) is 0 Å². The number of nitrogens with one attached hydrogen (secondary N) is 2. The number of fused-ring (bicyclic) bond motifs is 1. The minimum absolute atomic E-state index is 0.0193. The minimum atomic E-state index is -0.129. The number of anilines is 1. The van der Waals surface area contributed by atoms with Crippen molar-refractivity contribution in [2.75, 3.05) is 5.32 Å². The Balaban J connectivity index is 1.40. The Morgan fingerprint density at radius 2 is 1.97 bits per heavy atom. The first-order valence-corrected chi connectivity index (χ1v) is 11.6. The van der Waals surface area contributed by atoms with Crippen LogP contribution in [0.1, 0.15) is 51.7 Å². The zero-order valence-corrected chi connectivity index (χ0v) is 19.5. The molecule has 0 unspecified atom stereocenters. The Morgan fingerprint density at radius 3 is 2.76 bits per heavy atom. The SMILES string of the molecule is CC(=O)N[C@H]1C[C@@H](c2cccc(NC(=O)CCn3ncc4ccccc43)c2)O[C@@H](C(C)C)C1. The van der Waals surface area contributed by atoms with E-state index < -0.39 is 0 Å². The van der Waals surface area contributed by atoms with Crippen LogP contribution in [0.2, 0.25) is 0 Å². The van der Waals surface area contributed by atoms with E-state index >= 15 is 0 Å². The van der Waals surface area contributed by atoms with Gasteiger partial charge in [0.25, 0.3) is 0 Å². The fourth-order valence-corrected chi connectivity index (χ4v) is 4.46. The zero-order valence-electron chi connectivity index (χ0n) is 19.5. The van der Waals surface area contributed by atoms with Crippen LogP contribution in [0.15, 0.2) is 54.7 Å². The average molecular weight is 449 g/mol. The number of amides is 2. The molecule has 2 amide bonds. The molecule has 0 aliphatic carbocycles. The molecule has 33 heavy (non-hydrogen) atoms. The van der Waals surface area contributed by atoms with Crippen molar-refractivity contribution in [3.05, 3.63) is 60.3 Å². The van der Waals surface area contributed by atoms with Crippen molar-refractivity contribution in [2.45, 2.75) is 64.8 Å². The zero-order chi connectivity index (χ0) is 23.4. The second-order valence-electron chi connectivity index (χ2n) is 9.13. The summed E-state index contributed by atoms with van der Waals surface area (Å²) < 4.78 is 8.22. The number of aromatic nitrogens is 2. The van der Waals surface area contributed by atoms with Crippen LogP contribution in [0.4, 0.5) is 5.69 Å². The van der Waals surface area contributed by atoms with Crippen molar-refractivity contribution in [1.29, 1.82) is 0 Å². The Hall–Kier alpha value is -3.19. The molecular formula is C26H32N4O3. The van der Waals surface area contributed by atoms with Gasteiger partial charge in [0, 0.05) is 30.5 Å². The number of carbonyl (C=O) groups excluding carboxylic acids is 2. The molecule has 0 bridgehead atoms. The third-order valence-electron chi connectivity index (χ3n) is 6.15. The van der Waals surface area contributed by atoms with Gasteiger partial charge in [0.1, 0.15) is 0 Å². The van der Waals surface area contributed by atoms with Crippen molar-refractivity contribution < 1.29 is 14.3 Å². The second kappa shape index (κ2) is 10.2. The molecule has 7 nitrogen and oxygen atoms in total. The Labute approximate surface area is 194 Å². The molecule has 0 saturated carbocycles. The van der Waals surface area contributed by atoms with Crippen LogP contribution in [0.25, 0.3) is 10.9 Å². The van der Waals surface area contributed by atoms with Crippen LogP contribution < -0.4 is 10.6 Å². The van der Waals surface area contributed by atoms with E-state index in [2.05, 4.69) is 29.6 Å². The molecule has 2 aromatic carbocycles.